The van der Waals surface area contributed by atoms with Gasteiger partial charge in [-0.05, 0) is 36.8 Å². The van der Waals surface area contributed by atoms with Crippen molar-refractivity contribution in [1.29, 1.82) is 0 Å². The molecule has 0 radical (unpaired) electrons. The van der Waals surface area contributed by atoms with Crippen molar-refractivity contribution in [3.05, 3.63) is 106 Å². The lowest BCUT2D eigenvalue weighted by Gasteiger charge is -2.14. The van der Waals surface area contributed by atoms with Crippen molar-refractivity contribution in [2.24, 2.45) is 0 Å². The summed E-state index contributed by atoms with van der Waals surface area (Å²) in [7, 11) is 0. The molecule has 33 heavy (non-hydrogen) atoms. The lowest BCUT2D eigenvalue weighted by molar-refractivity contribution is 0.626. The molecule has 0 saturated heterocycles. The van der Waals surface area contributed by atoms with Crippen LogP contribution < -0.4 is 5.56 Å². The molecule has 5 aromatic rings. The minimum absolute atomic E-state index is 0.180. The lowest BCUT2D eigenvalue weighted by Crippen LogP contribution is -2.13. The van der Waals surface area contributed by atoms with Gasteiger partial charge in [0, 0.05) is 0 Å². The molecule has 0 amide bonds. The molecule has 0 spiro atoms. The number of hydrogen-bond acceptors (Lipinski definition) is 5. The highest BCUT2D eigenvalue weighted by molar-refractivity contribution is 7.99. The van der Waals surface area contributed by atoms with Crippen LogP contribution in [0.1, 0.15) is 23.6 Å². The number of nitrogens with zero attached hydrogens (tertiary/aromatic N) is 4. The topological polar surface area (TPSA) is 76.5 Å². The molecule has 2 heterocycles. The Bertz CT molecular complexity index is 1480. The van der Waals surface area contributed by atoms with Gasteiger partial charge in [-0.15, -0.1) is 10.2 Å². The quantitative estimate of drug-likeness (QED) is 0.354. The van der Waals surface area contributed by atoms with Gasteiger partial charge < -0.3 is 4.98 Å². The first-order chi connectivity index (χ1) is 16.1. The highest BCUT2D eigenvalue weighted by atomic mass is 32.2. The van der Waals surface area contributed by atoms with Gasteiger partial charge in [-0.25, -0.2) is 9.37 Å². The molecular weight excluding hydrogens is 437 g/mol. The molecule has 0 aliphatic rings. The molecule has 5 rings (SSSR count). The van der Waals surface area contributed by atoms with Gasteiger partial charge in [0.25, 0.3) is 5.56 Å². The van der Waals surface area contributed by atoms with Crippen molar-refractivity contribution in [1.82, 2.24) is 24.7 Å². The molecule has 1 atom stereocenters. The van der Waals surface area contributed by atoms with Gasteiger partial charge in [-0.1, -0.05) is 66.4 Å². The van der Waals surface area contributed by atoms with Crippen molar-refractivity contribution < 1.29 is 4.39 Å². The molecule has 0 bridgehead atoms. The van der Waals surface area contributed by atoms with E-state index >= 15 is 0 Å². The SMILES string of the molecule is C[C@H](Sc1nnc(-c2ccccc2F)n1Cc1ccccc1)c1nc2ccccc2c(=O)[nH]1. The maximum atomic E-state index is 14.6. The van der Waals surface area contributed by atoms with Gasteiger partial charge >= 0.3 is 0 Å². The van der Waals surface area contributed by atoms with Gasteiger partial charge in [-0.3, -0.25) is 9.36 Å². The summed E-state index contributed by atoms with van der Waals surface area (Å²) in [5, 5.41) is 9.63. The van der Waals surface area contributed by atoms with Crippen molar-refractivity contribution in [3.8, 4) is 11.4 Å². The Kier molecular flexibility index (Phi) is 5.75. The summed E-state index contributed by atoms with van der Waals surface area (Å²) in [5.74, 6) is 0.640. The zero-order valence-electron chi connectivity index (χ0n) is 17.8. The third-order valence-electron chi connectivity index (χ3n) is 5.31. The number of aromatic nitrogens is 5. The molecule has 0 fully saturated rings. The van der Waals surface area contributed by atoms with Crippen LogP contribution in [0.4, 0.5) is 4.39 Å². The van der Waals surface area contributed by atoms with Gasteiger partial charge in [0.1, 0.15) is 11.6 Å². The molecule has 164 valence electrons. The number of para-hydroxylation sites is 1. The molecule has 0 unspecified atom stereocenters. The monoisotopic (exact) mass is 457 g/mol. The Hall–Kier alpha value is -3.78. The van der Waals surface area contributed by atoms with Crippen LogP contribution in [0.3, 0.4) is 0 Å². The number of hydrogen-bond donors (Lipinski definition) is 1. The van der Waals surface area contributed by atoms with Crippen LogP contribution in [0.25, 0.3) is 22.3 Å². The number of aromatic amines is 1. The van der Waals surface area contributed by atoms with Crippen molar-refractivity contribution in [2.45, 2.75) is 23.9 Å². The Morgan fingerprint density at radius 3 is 2.52 bits per heavy atom. The first kappa shape index (κ1) is 21.1. The predicted octanol–water partition coefficient (Wildman–Crippen LogP) is 5.22. The number of rotatable bonds is 6. The number of thioether (sulfide) groups is 1. The lowest BCUT2D eigenvalue weighted by atomic mass is 10.2. The highest BCUT2D eigenvalue weighted by Crippen LogP contribution is 2.35. The third-order valence-corrected chi connectivity index (χ3v) is 6.40. The Balaban J connectivity index is 1.54. The molecule has 0 aliphatic carbocycles. The fourth-order valence-corrected chi connectivity index (χ4v) is 4.54. The zero-order chi connectivity index (χ0) is 22.8. The number of halogens is 1. The standard InChI is InChI=1S/C25H20FN5OS/c1-16(22-27-21-14-8-6-12-19(21)24(32)28-22)33-25-30-29-23(18-11-5-7-13-20(18)26)31(25)15-17-9-3-2-4-10-17/h2-14,16H,15H2,1H3,(H,27,28,32)/t16-/m0/s1. The molecule has 0 aliphatic heterocycles. The molecule has 6 nitrogen and oxygen atoms in total. The number of benzene rings is 3. The van der Waals surface area contributed by atoms with E-state index in [1.165, 1.54) is 17.8 Å². The summed E-state index contributed by atoms with van der Waals surface area (Å²) in [6, 6.07) is 23.7. The van der Waals surface area contributed by atoms with E-state index in [0.717, 1.165) is 5.56 Å². The molecule has 3 aromatic carbocycles. The second-order valence-corrected chi connectivity index (χ2v) is 8.89. The zero-order valence-corrected chi connectivity index (χ0v) is 18.6. The van der Waals surface area contributed by atoms with Crippen LogP contribution in [-0.2, 0) is 6.54 Å². The first-order valence-electron chi connectivity index (χ1n) is 10.5. The minimum atomic E-state index is -0.357. The van der Waals surface area contributed by atoms with E-state index in [1.54, 1.807) is 24.3 Å². The van der Waals surface area contributed by atoms with E-state index in [0.29, 0.717) is 39.8 Å². The van der Waals surface area contributed by atoms with E-state index in [4.69, 9.17) is 0 Å². The maximum absolute atomic E-state index is 14.6. The van der Waals surface area contributed by atoms with E-state index in [1.807, 2.05) is 60.0 Å². The van der Waals surface area contributed by atoms with Crippen LogP contribution in [-0.4, -0.2) is 24.7 Å². The minimum Gasteiger partial charge on any atom is -0.309 e. The van der Waals surface area contributed by atoms with Gasteiger partial charge in [0.15, 0.2) is 11.0 Å². The second-order valence-electron chi connectivity index (χ2n) is 7.59. The number of nitrogens with one attached hydrogen (secondary N) is 1. The van der Waals surface area contributed by atoms with Crippen LogP contribution in [0.2, 0.25) is 0 Å². The number of H-pyrrole nitrogens is 1. The summed E-state index contributed by atoms with van der Waals surface area (Å²) in [5.41, 5.74) is 1.89. The molecule has 2 aromatic heterocycles. The normalized spacial score (nSPS) is 12.2. The molecular formula is C25H20FN5OS. The highest BCUT2D eigenvalue weighted by Gasteiger charge is 2.21. The molecule has 0 saturated carbocycles. The fraction of sp³-hybridized carbons (Fsp3) is 0.120. The summed E-state index contributed by atoms with van der Waals surface area (Å²) in [4.78, 5) is 20.0. The van der Waals surface area contributed by atoms with E-state index in [2.05, 4.69) is 20.2 Å². The molecule has 1 N–H and O–H groups in total. The summed E-state index contributed by atoms with van der Waals surface area (Å²) < 4.78 is 16.5. The van der Waals surface area contributed by atoms with Crippen molar-refractivity contribution in [2.75, 3.05) is 0 Å². The van der Waals surface area contributed by atoms with Gasteiger partial charge in [-0.2, -0.15) is 0 Å². The average molecular weight is 458 g/mol. The summed E-state index contributed by atoms with van der Waals surface area (Å²) in [6.07, 6.45) is 0. The fourth-order valence-electron chi connectivity index (χ4n) is 3.64. The summed E-state index contributed by atoms with van der Waals surface area (Å²) >= 11 is 1.42. The smallest absolute Gasteiger partial charge is 0.258 e. The molecule has 8 heteroatoms. The number of fused-ring (bicyclic) bond motifs is 1. The largest absolute Gasteiger partial charge is 0.309 e. The van der Waals surface area contributed by atoms with Crippen LogP contribution in [0.15, 0.2) is 88.8 Å². The Morgan fingerprint density at radius 1 is 0.970 bits per heavy atom. The average Bonchev–Trinajstić information content (AvgIpc) is 3.21. The Labute approximate surface area is 193 Å². The van der Waals surface area contributed by atoms with Gasteiger partial charge in [0.05, 0.1) is 28.3 Å². The van der Waals surface area contributed by atoms with Crippen LogP contribution in [0, 0.1) is 5.82 Å². The third kappa shape index (κ3) is 4.29. The van der Waals surface area contributed by atoms with Crippen LogP contribution >= 0.6 is 11.8 Å². The van der Waals surface area contributed by atoms with E-state index < -0.39 is 0 Å². The Morgan fingerprint density at radius 2 is 1.70 bits per heavy atom. The van der Waals surface area contributed by atoms with E-state index in [-0.39, 0.29) is 16.6 Å². The maximum Gasteiger partial charge on any atom is 0.258 e. The van der Waals surface area contributed by atoms with Crippen molar-refractivity contribution >= 4 is 22.7 Å². The first-order valence-corrected chi connectivity index (χ1v) is 11.4. The van der Waals surface area contributed by atoms with E-state index in [9.17, 15) is 9.18 Å². The predicted molar refractivity (Wildman–Crippen MR) is 128 cm³/mol. The summed E-state index contributed by atoms with van der Waals surface area (Å²) in [6.45, 7) is 2.43. The van der Waals surface area contributed by atoms with Crippen molar-refractivity contribution in [3.63, 3.8) is 0 Å². The van der Waals surface area contributed by atoms with Gasteiger partial charge in [0.2, 0.25) is 0 Å². The second kappa shape index (κ2) is 8.99. The van der Waals surface area contributed by atoms with Crippen LogP contribution in [0.5, 0.6) is 0 Å².